The lowest BCUT2D eigenvalue weighted by Gasteiger charge is -2.42. The van der Waals surface area contributed by atoms with E-state index >= 15 is 0 Å². The van der Waals surface area contributed by atoms with Gasteiger partial charge in [-0.1, -0.05) is 88.7 Å². The predicted octanol–water partition coefficient (Wildman–Crippen LogP) is 8.01. The van der Waals surface area contributed by atoms with E-state index in [2.05, 4.69) is 10.6 Å². The lowest BCUT2D eigenvalue weighted by molar-refractivity contribution is -0.210. The van der Waals surface area contributed by atoms with Gasteiger partial charge >= 0.3 is 12.3 Å². The number of hydrogen-bond acceptors (Lipinski definition) is 5. The molecule has 2 aromatic carbocycles. The molecule has 0 aliphatic carbocycles. The van der Waals surface area contributed by atoms with Gasteiger partial charge in [-0.15, -0.1) is 0 Å². The number of carbonyl (C=O) groups excluding carboxylic acids is 2. The van der Waals surface area contributed by atoms with Gasteiger partial charge in [0.25, 0.3) is 5.56 Å². The van der Waals surface area contributed by atoms with Crippen LogP contribution in [0, 0.1) is 5.92 Å². The number of alkyl halides is 3. The SMILES string of the molecule is CC(C)C(NC(=O)Cn1c(-c2cccc(Cl)c2)ccc(NC(=O)OCc2ccccc2)c1=O)C(O[Si](C)(C)C(C)(C)C)C(F)(F)F. The quantitative estimate of drug-likeness (QED) is 0.200. The molecular formula is C33H41ClF3N3O5Si. The van der Waals surface area contributed by atoms with Crippen LogP contribution < -0.4 is 16.2 Å². The topological polar surface area (TPSA) is 98.7 Å². The zero-order chi connectivity index (χ0) is 34.4. The van der Waals surface area contributed by atoms with Crippen LogP contribution in [-0.2, 0) is 27.1 Å². The number of halogens is 4. The molecule has 0 fully saturated rings. The van der Waals surface area contributed by atoms with Crippen LogP contribution in [0.1, 0.15) is 40.2 Å². The summed E-state index contributed by atoms with van der Waals surface area (Å²) < 4.78 is 55.6. The molecule has 3 aromatic rings. The Labute approximate surface area is 273 Å². The number of benzene rings is 2. The smallest absolute Gasteiger partial charge is 0.415 e. The van der Waals surface area contributed by atoms with E-state index in [-0.39, 0.29) is 18.0 Å². The maximum Gasteiger partial charge on any atom is 0.415 e. The second-order valence-corrected chi connectivity index (χ2v) is 18.1. The first-order chi connectivity index (χ1) is 21.3. The van der Waals surface area contributed by atoms with Gasteiger partial charge in [0.1, 0.15) is 18.8 Å². The second kappa shape index (κ2) is 14.9. The van der Waals surface area contributed by atoms with Gasteiger partial charge in [0.15, 0.2) is 14.4 Å². The number of aromatic nitrogens is 1. The van der Waals surface area contributed by atoms with E-state index in [0.29, 0.717) is 10.6 Å². The maximum absolute atomic E-state index is 14.5. The molecule has 0 radical (unpaired) electrons. The van der Waals surface area contributed by atoms with Crippen LogP contribution in [0.25, 0.3) is 11.3 Å². The molecule has 0 saturated heterocycles. The fraction of sp³-hybridized carbons (Fsp3) is 0.424. The van der Waals surface area contributed by atoms with Crippen molar-refractivity contribution in [3.05, 3.63) is 87.7 Å². The summed E-state index contributed by atoms with van der Waals surface area (Å²) in [5.74, 6) is -1.52. The van der Waals surface area contributed by atoms with Crippen molar-refractivity contribution in [2.24, 2.45) is 5.92 Å². The van der Waals surface area contributed by atoms with Crippen molar-refractivity contribution < 1.29 is 31.9 Å². The third-order valence-electron chi connectivity index (χ3n) is 7.97. The molecule has 1 aromatic heterocycles. The highest BCUT2D eigenvalue weighted by Gasteiger charge is 2.52. The predicted molar refractivity (Wildman–Crippen MR) is 176 cm³/mol. The molecule has 46 heavy (non-hydrogen) atoms. The summed E-state index contributed by atoms with van der Waals surface area (Å²) >= 11 is 6.19. The van der Waals surface area contributed by atoms with Crippen molar-refractivity contribution in [2.45, 2.75) is 84.2 Å². The number of carbonyl (C=O) groups is 2. The van der Waals surface area contributed by atoms with E-state index < -0.39 is 61.7 Å². The van der Waals surface area contributed by atoms with Gasteiger partial charge in [-0.2, -0.15) is 13.2 Å². The molecule has 2 amide bonds. The van der Waals surface area contributed by atoms with Crippen molar-refractivity contribution in [3.8, 4) is 11.3 Å². The normalized spacial score (nSPS) is 13.7. The second-order valence-electron chi connectivity index (χ2n) is 12.9. The first-order valence-corrected chi connectivity index (χ1v) is 18.1. The van der Waals surface area contributed by atoms with Crippen molar-refractivity contribution in [1.82, 2.24) is 9.88 Å². The third-order valence-corrected chi connectivity index (χ3v) is 12.7. The zero-order valence-corrected chi connectivity index (χ0v) is 28.8. The van der Waals surface area contributed by atoms with Crippen LogP contribution in [0.2, 0.25) is 23.2 Å². The number of nitrogens with zero attached hydrogens (tertiary/aromatic N) is 1. The highest BCUT2D eigenvalue weighted by molar-refractivity contribution is 6.74. The number of ether oxygens (including phenoxy) is 1. The monoisotopic (exact) mass is 679 g/mol. The summed E-state index contributed by atoms with van der Waals surface area (Å²) in [6.45, 7) is 11.4. The number of amides is 2. The molecule has 250 valence electrons. The Morgan fingerprint density at radius 2 is 1.63 bits per heavy atom. The van der Waals surface area contributed by atoms with Gasteiger partial charge < -0.3 is 14.5 Å². The molecule has 3 rings (SSSR count). The van der Waals surface area contributed by atoms with Gasteiger partial charge in [-0.3, -0.25) is 19.5 Å². The van der Waals surface area contributed by atoms with E-state index in [9.17, 15) is 27.6 Å². The Hall–Kier alpha value is -3.61. The van der Waals surface area contributed by atoms with Crippen molar-refractivity contribution in [2.75, 3.05) is 5.32 Å². The van der Waals surface area contributed by atoms with Gasteiger partial charge in [-0.05, 0) is 59.4 Å². The highest BCUT2D eigenvalue weighted by Crippen LogP contribution is 2.41. The van der Waals surface area contributed by atoms with Crippen molar-refractivity contribution in [1.29, 1.82) is 0 Å². The Bertz CT molecular complexity index is 1570. The summed E-state index contributed by atoms with van der Waals surface area (Å²) in [5, 5.41) is 4.75. The lowest BCUT2D eigenvalue weighted by atomic mass is 9.98. The number of nitrogens with one attached hydrogen (secondary N) is 2. The Kier molecular flexibility index (Phi) is 11.9. The van der Waals surface area contributed by atoms with Gasteiger partial charge in [0, 0.05) is 5.02 Å². The Balaban J connectivity index is 1.95. The highest BCUT2D eigenvalue weighted by atomic mass is 35.5. The first kappa shape index (κ1) is 36.9. The molecule has 0 spiro atoms. The minimum absolute atomic E-state index is 0.0439. The first-order valence-electron chi connectivity index (χ1n) is 14.8. The summed E-state index contributed by atoms with van der Waals surface area (Å²) in [7, 11) is -2.92. The van der Waals surface area contributed by atoms with Crippen LogP contribution >= 0.6 is 11.6 Å². The van der Waals surface area contributed by atoms with Gasteiger partial charge in [0.2, 0.25) is 5.91 Å². The molecular weight excluding hydrogens is 639 g/mol. The molecule has 13 heteroatoms. The van der Waals surface area contributed by atoms with E-state index in [4.69, 9.17) is 20.8 Å². The van der Waals surface area contributed by atoms with Crippen LogP contribution in [0.15, 0.2) is 71.5 Å². The molecule has 0 aliphatic heterocycles. The molecule has 0 aliphatic rings. The number of anilines is 1. The van der Waals surface area contributed by atoms with Crippen LogP contribution in [-0.4, -0.2) is 43.2 Å². The van der Waals surface area contributed by atoms with E-state index in [1.807, 2.05) is 26.8 Å². The van der Waals surface area contributed by atoms with E-state index in [0.717, 1.165) is 10.1 Å². The Morgan fingerprint density at radius 1 is 0.978 bits per heavy atom. The third kappa shape index (κ3) is 9.70. The molecule has 0 saturated carbocycles. The molecule has 2 atom stereocenters. The maximum atomic E-state index is 14.5. The minimum Gasteiger partial charge on any atom is -0.444 e. The van der Waals surface area contributed by atoms with Gasteiger partial charge in [-0.25, -0.2) is 4.79 Å². The lowest BCUT2D eigenvalue weighted by Crippen LogP contribution is -2.59. The number of rotatable bonds is 11. The number of hydrogen-bond donors (Lipinski definition) is 2. The van der Waals surface area contributed by atoms with Crippen LogP contribution in [0.4, 0.5) is 23.7 Å². The van der Waals surface area contributed by atoms with Gasteiger partial charge in [0.05, 0.1) is 11.7 Å². The minimum atomic E-state index is -4.77. The fourth-order valence-corrected chi connectivity index (χ4v) is 5.86. The Morgan fingerprint density at radius 3 is 2.20 bits per heavy atom. The van der Waals surface area contributed by atoms with E-state index in [1.165, 1.54) is 12.1 Å². The zero-order valence-electron chi connectivity index (χ0n) is 27.0. The standard InChI is InChI=1S/C33H41ClF3N3O5Si/c1-21(2)28(29(33(35,36)37)45-46(6,7)32(3,4)5)39-27(41)19-40-26(23-14-11-15-24(34)18-23)17-16-25(30(40)42)38-31(43)44-20-22-12-9-8-10-13-22/h8-18,21,28-29H,19-20H2,1-7H3,(H,38,43)(H,39,41). The van der Waals surface area contributed by atoms with Crippen molar-refractivity contribution >= 4 is 37.6 Å². The average molecular weight is 680 g/mol. The molecule has 0 bridgehead atoms. The summed E-state index contributed by atoms with van der Waals surface area (Å²) in [6.07, 6.45) is -7.94. The molecule has 2 N–H and O–H groups in total. The average Bonchev–Trinajstić information content (AvgIpc) is 2.95. The van der Waals surface area contributed by atoms with E-state index in [1.54, 1.807) is 75.5 Å². The molecule has 8 nitrogen and oxygen atoms in total. The number of pyridine rings is 1. The van der Waals surface area contributed by atoms with Crippen LogP contribution in [0.5, 0.6) is 0 Å². The molecule has 1 heterocycles. The van der Waals surface area contributed by atoms with Crippen molar-refractivity contribution in [3.63, 3.8) is 0 Å². The summed E-state index contributed by atoms with van der Waals surface area (Å²) in [5.41, 5.74) is 0.515. The largest absolute Gasteiger partial charge is 0.444 e. The van der Waals surface area contributed by atoms with Crippen LogP contribution in [0.3, 0.4) is 0 Å². The summed E-state index contributed by atoms with van der Waals surface area (Å²) in [4.78, 5) is 39.7. The summed E-state index contributed by atoms with van der Waals surface area (Å²) in [6, 6.07) is 16.9. The fourth-order valence-electron chi connectivity index (χ4n) is 4.40. The molecule has 2 unspecified atom stereocenters.